The Balaban J connectivity index is 2.52. The zero-order chi connectivity index (χ0) is 15.1. The first-order valence-electron chi connectivity index (χ1n) is 6.25. The molecular weight excluding hydrogens is 260 g/mol. The number of carbonyl (C=O) groups excluding carboxylic acids is 2. The Morgan fingerprint density at radius 3 is 2.50 bits per heavy atom. The first-order valence-corrected chi connectivity index (χ1v) is 6.25. The number of benzene rings is 1. The first-order chi connectivity index (χ1) is 9.40. The number of nitrogens with two attached hydrogens (primary N) is 1. The van der Waals surface area contributed by atoms with E-state index in [2.05, 4.69) is 5.32 Å². The Morgan fingerprint density at radius 2 is 1.95 bits per heavy atom. The number of aryl methyl sites for hydroxylation is 2. The van der Waals surface area contributed by atoms with E-state index in [9.17, 15) is 14.4 Å². The van der Waals surface area contributed by atoms with E-state index >= 15 is 0 Å². The van der Waals surface area contributed by atoms with Crippen LogP contribution in [0.1, 0.15) is 24.0 Å². The smallest absolute Gasteiger partial charge is 0.326 e. The van der Waals surface area contributed by atoms with Gasteiger partial charge in [0, 0.05) is 6.42 Å². The average molecular weight is 278 g/mol. The molecule has 4 N–H and O–H groups in total. The van der Waals surface area contributed by atoms with E-state index < -0.39 is 30.2 Å². The molecule has 6 heteroatoms. The van der Waals surface area contributed by atoms with Crippen LogP contribution in [-0.4, -0.2) is 28.9 Å². The van der Waals surface area contributed by atoms with E-state index in [1.807, 2.05) is 31.2 Å². The molecule has 0 saturated carbocycles. The highest BCUT2D eigenvalue weighted by Gasteiger charge is 2.21. The maximum Gasteiger partial charge on any atom is 0.326 e. The van der Waals surface area contributed by atoms with E-state index in [1.165, 1.54) is 0 Å². The Morgan fingerprint density at radius 1 is 1.30 bits per heavy atom. The summed E-state index contributed by atoms with van der Waals surface area (Å²) < 4.78 is 0. The van der Waals surface area contributed by atoms with Crippen LogP contribution in [0.3, 0.4) is 0 Å². The summed E-state index contributed by atoms with van der Waals surface area (Å²) in [5, 5.41) is 11.2. The SMILES string of the molecule is Cc1ccccc1CCC(=O)NC(CC(N)=O)C(=O)O. The van der Waals surface area contributed by atoms with Gasteiger partial charge in [0.25, 0.3) is 0 Å². The summed E-state index contributed by atoms with van der Waals surface area (Å²) in [6.45, 7) is 1.94. The van der Waals surface area contributed by atoms with Crippen LogP contribution in [0.5, 0.6) is 0 Å². The van der Waals surface area contributed by atoms with Crippen LogP contribution in [0.4, 0.5) is 0 Å². The number of carbonyl (C=O) groups is 3. The molecule has 2 amide bonds. The molecule has 108 valence electrons. The van der Waals surface area contributed by atoms with Crippen molar-refractivity contribution < 1.29 is 19.5 Å². The molecule has 1 atom stereocenters. The van der Waals surface area contributed by atoms with Crippen LogP contribution in [-0.2, 0) is 20.8 Å². The number of amides is 2. The zero-order valence-corrected chi connectivity index (χ0v) is 11.3. The number of rotatable bonds is 7. The quantitative estimate of drug-likeness (QED) is 0.669. The molecule has 0 aliphatic rings. The van der Waals surface area contributed by atoms with Crippen molar-refractivity contribution in [1.82, 2.24) is 5.32 Å². The van der Waals surface area contributed by atoms with E-state index in [1.54, 1.807) is 0 Å². The van der Waals surface area contributed by atoms with Crippen molar-refractivity contribution in [3.8, 4) is 0 Å². The first kappa shape index (κ1) is 15.7. The number of nitrogens with one attached hydrogen (secondary N) is 1. The second-order valence-electron chi connectivity index (χ2n) is 4.56. The molecule has 0 aliphatic heterocycles. The van der Waals surface area contributed by atoms with Crippen molar-refractivity contribution in [2.75, 3.05) is 0 Å². The minimum absolute atomic E-state index is 0.160. The van der Waals surface area contributed by atoms with E-state index in [4.69, 9.17) is 10.8 Å². The topological polar surface area (TPSA) is 109 Å². The maximum absolute atomic E-state index is 11.7. The van der Waals surface area contributed by atoms with Gasteiger partial charge in [-0.3, -0.25) is 9.59 Å². The van der Waals surface area contributed by atoms with Crippen LogP contribution in [0.15, 0.2) is 24.3 Å². The van der Waals surface area contributed by atoms with Crippen molar-refractivity contribution >= 4 is 17.8 Å². The van der Waals surface area contributed by atoms with Gasteiger partial charge in [0.1, 0.15) is 6.04 Å². The predicted octanol–water partition coefficient (Wildman–Crippen LogP) is 0.372. The van der Waals surface area contributed by atoms with E-state index in [0.29, 0.717) is 6.42 Å². The summed E-state index contributed by atoms with van der Waals surface area (Å²) in [6, 6.07) is 6.39. The van der Waals surface area contributed by atoms with Crippen LogP contribution in [0.25, 0.3) is 0 Å². The maximum atomic E-state index is 11.7. The van der Waals surface area contributed by atoms with Crippen molar-refractivity contribution in [2.45, 2.75) is 32.2 Å². The number of hydrogen-bond donors (Lipinski definition) is 3. The molecular formula is C14H18N2O4. The molecule has 0 aliphatic carbocycles. The molecule has 1 rings (SSSR count). The summed E-state index contributed by atoms with van der Waals surface area (Å²) in [7, 11) is 0. The highest BCUT2D eigenvalue weighted by atomic mass is 16.4. The molecule has 1 aromatic carbocycles. The molecule has 0 heterocycles. The third-order valence-electron chi connectivity index (χ3n) is 2.92. The molecule has 20 heavy (non-hydrogen) atoms. The Kier molecular flexibility index (Phi) is 5.71. The zero-order valence-electron chi connectivity index (χ0n) is 11.3. The van der Waals surface area contributed by atoms with Gasteiger partial charge in [0.15, 0.2) is 0 Å². The minimum atomic E-state index is -1.27. The number of primary amides is 1. The molecule has 0 fully saturated rings. The van der Waals surface area contributed by atoms with Crippen LogP contribution in [0.2, 0.25) is 0 Å². The standard InChI is InChI=1S/C14H18N2O4/c1-9-4-2-3-5-10(9)6-7-13(18)16-11(14(19)20)8-12(15)17/h2-5,11H,6-8H2,1H3,(H2,15,17)(H,16,18)(H,19,20). The Bertz CT molecular complexity index is 514. The lowest BCUT2D eigenvalue weighted by Gasteiger charge is -2.13. The monoisotopic (exact) mass is 278 g/mol. The molecule has 0 bridgehead atoms. The van der Waals surface area contributed by atoms with Gasteiger partial charge >= 0.3 is 5.97 Å². The average Bonchev–Trinajstić information content (AvgIpc) is 2.36. The molecule has 0 spiro atoms. The van der Waals surface area contributed by atoms with Crippen molar-refractivity contribution in [2.24, 2.45) is 5.73 Å². The summed E-state index contributed by atoms with van der Waals surface area (Å²) in [6.07, 6.45) is 0.264. The third kappa shape index (κ3) is 5.09. The summed E-state index contributed by atoms with van der Waals surface area (Å²) in [5.74, 6) is -2.45. The van der Waals surface area contributed by atoms with Crippen molar-refractivity contribution in [1.29, 1.82) is 0 Å². The fraction of sp³-hybridized carbons (Fsp3) is 0.357. The van der Waals surface area contributed by atoms with Crippen molar-refractivity contribution in [3.63, 3.8) is 0 Å². The lowest BCUT2D eigenvalue weighted by molar-refractivity contribution is -0.143. The fourth-order valence-electron chi connectivity index (χ4n) is 1.81. The number of hydrogen-bond acceptors (Lipinski definition) is 3. The second kappa shape index (κ2) is 7.28. The molecule has 0 radical (unpaired) electrons. The third-order valence-corrected chi connectivity index (χ3v) is 2.92. The van der Waals surface area contributed by atoms with Gasteiger partial charge in [-0.2, -0.15) is 0 Å². The number of carboxylic acid groups (broad SMARTS) is 1. The molecule has 1 aromatic rings. The van der Waals surface area contributed by atoms with Gasteiger partial charge in [-0.25, -0.2) is 4.79 Å². The lowest BCUT2D eigenvalue weighted by atomic mass is 10.0. The molecule has 0 aromatic heterocycles. The number of aliphatic carboxylic acids is 1. The van der Waals surface area contributed by atoms with Gasteiger partial charge in [-0.1, -0.05) is 24.3 Å². The summed E-state index contributed by atoms with van der Waals surface area (Å²) in [5.41, 5.74) is 7.05. The highest BCUT2D eigenvalue weighted by Crippen LogP contribution is 2.09. The molecule has 6 nitrogen and oxygen atoms in total. The molecule has 0 saturated heterocycles. The van der Waals surface area contributed by atoms with E-state index in [-0.39, 0.29) is 6.42 Å². The van der Waals surface area contributed by atoms with Crippen molar-refractivity contribution in [3.05, 3.63) is 35.4 Å². The summed E-state index contributed by atoms with van der Waals surface area (Å²) >= 11 is 0. The predicted molar refractivity (Wildman–Crippen MR) is 72.9 cm³/mol. The van der Waals surface area contributed by atoms with Gasteiger partial charge < -0.3 is 16.2 Å². The van der Waals surface area contributed by atoms with Gasteiger partial charge in [-0.05, 0) is 24.5 Å². The number of carboxylic acids is 1. The normalized spacial score (nSPS) is 11.7. The van der Waals surface area contributed by atoms with Gasteiger partial charge in [0.2, 0.25) is 11.8 Å². The molecule has 1 unspecified atom stereocenters. The minimum Gasteiger partial charge on any atom is -0.480 e. The fourth-order valence-corrected chi connectivity index (χ4v) is 1.81. The van der Waals surface area contributed by atoms with Crippen LogP contribution < -0.4 is 11.1 Å². The Hall–Kier alpha value is -2.37. The second-order valence-corrected chi connectivity index (χ2v) is 4.56. The lowest BCUT2D eigenvalue weighted by Crippen LogP contribution is -2.43. The largest absolute Gasteiger partial charge is 0.480 e. The highest BCUT2D eigenvalue weighted by molar-refractivity contribution is 5.88. The van der Waals surface area contributed by atoms with Crippen LogP contribution >= 0.6 is 0 Å². The van der Waals surface area contributed by atoms with E-state index in [0.717, 1.165) is 11.1 Å². The van der Waals surface area contributed by atoms with Gasteiger partial charge in [0.05, 0.1) is 6.42 Å². The van der Waals surface area contributed by atoms with Crippen LogP contribution in [0, 0.1) is 6.92 Å². The summed E-state index contributed by atoms with van der Waals surface area (Å²) in [4.78, 5) is 33.3. The Labute approximate surface area is 117 Å². The van der Waals surface area contributed by atoms with Gasteiger partial charge in [-0.15, -0.1) is 0 Å².